The van der Waals surface area contributed by atoms with Gasteiger partial charge in [-0.05, 0) is 0 Å². The zero-order chi connectivity index (χ0) is 11.9. The molecule has 1 rings (SSSR count). The summed E-state index contributed by atoms with van der Waals surface area (Å²) in [6.45, 7) is 2.66. The number of carboxylic acids is 1. The molecule has 0 saturated carbocycles. The highest BCUT2D eigenvalue weighted by atomic mass is 19.4. The summed E-state index contributed by atoms with van der Waals surface area (Å²) in [4.78, 5) is 19.0. The average Bonchev–Trinajstić information content (AvgIpc) is 2.18. The number of hydrogen-bond donors (Lipinski definition) is 3. The molecule has 88 valence electrons. The van der Waals surface area contributed by atoms with Crippen LogP contribution in [0.3, 0.4) is 0 Å². The Morgan fingerprint density at radius 1 is 1.40 bits per heavy atom. The van der Waals surface area contributed by atoms with Crippen LogP contribution in [0.4, 0.5) is 13.2 Å². The summed E-state index contributed by atoms with van der Waals surface area (Å²) in [7, 11) is 0. The number of carbonyl (C=O) groups excluding carboxylic acids is 1. The van der Waals surface area contributed by atoms with E-state index in [9.17, 15) is 18.0 Å². The molecule has 1 unspecified atom stereocenters. The van der Waals surface area contributed by atoms with E-state index in [2.05, 4.69) is 10.6 Å². The fourth-order valence-corrected chi connectivity index (χ4v) is 0.772. The molecule has 0 amide bonds. The number of piperazine rings is 1. The van der Waals surface area contributed by atoms with Gasteiger partial charge in [0.1, 0.15) is 6.29 Å². The Hall–Kier alpha value is -1.15. The van der Waals surface area contributed by atoms with E-state index in [1.165, 1.54) is 0 Å². The minimum Gasteiger partial charge on any atom is -0.475 e. The molecule has 1 aliphatic rings. The predicted octanol–water partition coefficient (Wildman–Crippen LogP) is -0.620. The molecule has 1 fully saturated rings. The Morgan fingerprint density at radius 3 is 2.13 bits per heavy atom. The van der Waals surface area contributed by atoms with E-state index in [1.807, 2.05) is 0 Å². The number of halogens is 3. The molecule has 0 bridgehead atoms. The summed E-state index contributed by atoms with van der Waals surface area (Å²) in [6, 6.07) is 0.0451. The topological polar surface area (TPSA) is 78.4 Å². The van der Waals surface area contributed by atoms with Crippen LogP contribution in [0, 0.1) is 0 Å². The van der Waals surface area contributed by atoms with Gasteiger partial charge in [0.05, 0.1) is 6.04 Å². The first-order chi connectivity index (χ1) is 6.88. The third-order valence-electron chi connectivity index (χ3n) is 1.48. The maximum atomic E-state index is 10.6. The van der Waals surface area contributed by atoms with Crippen LogP contribution in [0.25, 0.3) is 0 Å². The highest BCUT2D eigenvalue weighted by Gasteiger charge is 2.38. The van der Waals surface area contributed by atoms with Crippen LogP contribution in [0.15, 0.2) is 0 Å². The van der Waals surface area contributed by atoms with Gasteiger partial charge in [-0.3, -0.25) is 0 Å². The molecule has 0 aliphatic carbocycles. The molecule has 0 radical (unpaired) electrons. The van der Waals surface area contributed by atoms with Crippen molar-refractivity contribution in [1.29, 1.82) is 0 Å². The molecule has 3 N–H and O–H groups in total. The molecule has 1 aliphatic heterocycles. The lowest BCUT2D eigenvalue weighted by molar-refractivity contribution is -0.192. The van der Waals surface area contributed by atoms with Crippen molar-refractivity contribution in [1.82, 2.24) is 10.6 Å². The van der Waals surface area contributed by atoms with E-state index in [-0.39, 0.29) is 6.04 Å². The van der Waals surface area contributed by atoms with Crippen LogP contribution >= 0.6 is 0 Å². The minimum atomic E-state index is -5.08. The number of carbonyl (C=O) groups is 2. The minimum absolute atomic E-state index is 0.0451. The highest BCUT2D eigenvalue weighted by molar-refractivity contribution is 5.73. The van der Waals surface area contributed by atoms with Crippen LogP contribution < -0.4 is 10.6 Å². The van der Waals surface area contributed by atoms with Crippen molar-refractivity contribution in [2.75, 3.05) is 19.6 Å². The van der Waals surface area contributed by atoms with Crippen molar-refractivity contribution < 1.29 is 27.9 Å². The van der Waals surface area contributed by atoms with E-state index in [0.717, 1.165) is 25.9 Å². The van der Waals surface area contributed by atoms with Crippen molar-refractivity contribution >= 4 is 12.3 Å². The van der Waals surface area contributed by atoms with E-state index < -0.39 is 12.1 Å². The molecule has 1 saturated heterocycles. The molecule has 5 nitrogen and oxygen atoms in total. The molecular weight excluding hydrogens is 217 g/mol. The fourth-order valence-electron chi connectivity index (χ4n) is 0.772. The number of nitrogens with one attached hydrogen (secondary N) is 2. The zero-order valence-corrected chi connectivity index (χ0v) is 7.67. The van der Waals surface area contributed by atoms with Crippen molar-refractivity contribution in [2.45, 2.75) is 12.2 Å². The number of hydrogen-bond acceptors (Lipinski definition) is 4. The van der Waals surface area contributed by atoms with Crippen LogP contribution in [-0.4, -0.2) is 49.2 Å². The van der Waals surface area contributed by atoms with E-state index in [1.54, 1.807) is 0 Å². The predicted molar refractivity (Wildman–Crippen MR) is 44.4 cm³/mol. The third kappa shape index (κ3) is 6.86. The molecule has 1 atom stereocenters. The van der Waals surface area contributed by atoms with Crippen LogP contribution in [0.5, 0.6) is 0 Å². The van der Waals surface area contributed by atoms with Gasteiger partial charge in [-0.25, -0.2) is 4.79 Å². The first-order valence-electron chi connectivity index (χ1n) is 4.07. The summed E-state index contributed by atoms with van der Waals surface area (Å²) in [5, 5.41) is 13.3. The van der Waals surface area contributed by atoms with E-state index >= 15 is 0 Å². The van der Waals surface area contributed by atoms with Gasteiger partial charge in [-0.15, -0.1) is 0 Å². The lowest BCUT2D eigenvalue weighted by Crippen LogP contribution is -2.48. The Balaban J connectivity index is 0.000000265. The van der Waals surface area contributed by atoms with Gasteiger partial charge in [0.2, 0.25) is 0 Å². The van der Waals surface area contributed by atoms with Gasteiger partial charge in [-0.2, -0.15) is 13.2 Å². The summed E-state index contributed by atoms with van der Waals surface area (Å²) >= 11 is 0. The standard InChI is InChI=1S/C5H10N2O.C2HF3O2/c8-4-5-3-6-1-2-7-5;3-2(4,5)1(6)7/h4-7H,1-3H2;(H,6,7). The number of aliphatic carboxylic acids is 1. The van der Waals surface area contributed by atoms with Gasteiger partial charge in [0.25, 0.3) is 0 Å². The first-order valence-corrected chi connectivity index (χ1v) is 4.07. The quantitative estimate of drug-likeness (QED) is 0.521. The second kappa shape index (κ2) is 6.36. The van der Waals surface area contributed by atoms with Crippen molar-refractivity contribution in [3.05, 3.63) is 0 Å². The molecule has 0 spiro atoms. The smallest absolute Gasteiger partial charge is 0.475 e. The lowest BCUT2D eigenvalue weighted by Gasteiger charge is -2.18. The van der Waals surface area contributed by atoms with Gasteiger partial charge in [-0.1, -0.05) is 0 Å². The molecule has 0 aromatic carbocycles. The second-order valence-electron chi connectivity index (χ2n) is 2.70. The van der Waals surface area contributed by atoms with E-state index in [4.69, 9.17) is 9.90 Å². The van der Waals surface area contributed by atoms with Gasteiger partial charge in [0.15, 0.2) is 0 Å². The fraction of sp³-hybridized carbons (Fsp3) is 0.714. The lowest BCUT2D eigenvalue weighted by atomic mass is 10.3. The Morgan fingerprint density at radius 2 is 1.93 bits per heavy atom. The average molecular weight is 228 g/mol. The van der Waals surface area contributed by atoms with Crippen molar-refractivity contribution in [3.8, 4) is 0 Å². The Bertz CT molecular complexity index is 214. The second-order valence-corrected chi connectivity index (χ2v) is 2.70. The normalized spacial score (nSPS) is 21.1. The van der Waals surface area contributed by atoms with Gasteiger partial charge in [0, 0.05) is 19.6 Å². The molecule has 0 aromatic rings. The number of carboxylic acid groups (broad SMARTS) is 1. The molecule has 15 heavy (non-hydrogen) atoms. The maximum absolute atomic E-state index is 10.6. The number of rotatable bonds is 1. The monoisotopic (exact) mass is 228 g/mol. The van der Waals surface area contributed by atoms with Crippen LogP contribution in [0.1, 0.15) is 0 Å². The molecule has 0 aromatic heterocycles. The molecular formula is C7H11F3N2O3. The summed E-state index contributed by atoms with van der Waals surface area (Å²) in [5.74, 6) is -2.76. The van der Waals surface area contributed by atoms with Crippen LogP contribution in [-0.2, 0) is 9.59 Å². The third-order valence-corrected chi connectivity index (χ3v) is 1.48. The van der Waals surface area contributed by atoms with E-state index in [0.29, 0.717) is 0 Å². The van der Waals surface area contributed by atoms with Gasteiger partial charge < -0.3 is 20.5 Å². The number of alkyl halides is 3. The first kappa shape index (κ1) is 13.8. The molecule has 8 heteroatoms. The summed E-state index contributed by atoms with van der Waals surface area (Å²) in [5.41, 5.74) is 0. The Labute approximate surface area is 83.6 Å². The summed E-state index contributed by atoms with van der Waals surface area (Å²) in [6.07, 6.45) is -4.15. The molecule has 1 heterocycles. The maximum Gasteiger partial charge on any atom is 0.490 e. The largest absolute Gasteiger partial charge is 0.490 e. The highest BCUT2D eigenvalue weighted by Crippen LogP contribution is 2.13. The van der Waals surface area contributed by atoms with Crippen LogP contribution in [0.2, 0.25) is 0 Å². The van der Waals surface area contributed by atoms with Crippen molar-refractivity contribution in [3.63, 3.8) is 0 Å². The number of aldehydes is 1. The van der Waals surface area contributed by atoms with Crippen molar-refractivity contribution in [2.24, 2.45) is 0 Å². The zero-order valence-electron chi connectivity index (χ0n) is 7.67. The summed E-state index contributed by atoms with van der Waals surface area (Å²) < 4.78 is 31.7. The Kier molecular flexibility index (Phi) is 5.87. The van der Waals surface area contributed by atoms with Gasteiger partial charge >= 0.3 is 12.1 Å². The SMILES string of the molecule is O=C(O)C(F)(F)F.O=CC1CNCCN1.